The van der Waals surface area contributed by atoms with Gasteiger partial charge in [-0.15, -0.1) is 12.4 Å². The van der Waals surface area contributed by atoms with Crippen molar-refractivity contribution in [1.29, 1.82) is 0 Å². The summed E-state index contributed by atoms with van der Waals surface area (Å²) >= 11 is 0. The van der Waals surface area contributed by atoms with E-state index in [1.807, 2.05) is 0 Å². The predicted molar refractivity (Wildman–Crippen MR) is 61.6 cm³/mol. The molecule has 0 atom stereocenters. The molecule has 1 amide bonds. The van der Waals surface area contributed by atoms with Crippen LogP contribution >= 0.6 is 12.4 Å². The molecule has 1 rings (SSSR count). The molecule has 0 saturated carbocycles. The second kappa shape index (κ2) is 7.03. The molecule has 4 nitrogen and oxygen atoms in total. The van der Waals surface area contributed by atoms with E-state index >= 15 is 0 Å². The van der Waals surface area contributed by atoms with Crippen molar-refractivity contribution in [2.24, 2.45) is 5.73 Å². The summed E-state index contributed by atoms with van der Waals surface area (Å²) in [6.45, 7) is 0.562. The van der Waals surface area contributed by atoms with E-state index in [1.165, 1.54) is 19.2 Å². The first-order chi connectivity index (χ1) is 7.19. The van der Waals surface area contributed by atoms with Gasteiger partial charge in [-0.25, -0.2) is 4.39 Å². The van der Waals surface area contributed by atoms with Crippen molar-refractivity contribution in [3.8, 4) is 5.75 Å². The lowest BCUT2D eigenvalue weighted by molar-refractivity contribution is 0.0962. The molecule has 0 aromatic heterocycles. The average Bonchev–Trinajstić information content (AvgIpc) is 2.26. The summed E-state index contributed by atoms with van der Waals surface area (Å²) in [6.07, 6.45) is 0. The van der Waals surface area contributed by atoms with E-state index in [2.05, 4.69) is 5.32 Å². The minimum absolute atomic E-state index is 0. The molecule has 0 heterocycles. The molecule has 16 heavy (non-hydrogen) atoms. The first-order valence-corrected chi connectivity index (χ1v) is 4.53. The van der Waals surface area contributed by atoms with Crippen LogP contribution in [-0.4, -0.2) is 26.1 Å². The quantitative estimate of drug-likeness (QED) is 0.834. The third-order valence-corrected chi connectivity index (χ3v) is 1.80. The summed E-state index contributed by atoms with van der Waals surface area (Å²) in [7, 11) is 1.49. The largest absolute Gasteiger partial charge is 0.489 e. The van der Waals surface area contributed by atoms with Crippen LogP contribution in [0.4, 0.5) is 4.39 Å². The van der Waals surface area contributed by atoms with Crippen LogP contribution in [0, 0.1) is 5.82 Å². The molecule has 1 aromatic carbocycles. The van der Waals surface area contributed by atoms with Gasteiger partial charge in [-0.1, -0.05) is 0 Å². The van der Waals surface area contributed by atoms with Crippen LogP contribution in [0.1, 0.15) is 10.4 Å². The Kier molecular flexibility index (Phi) is 6.44. The molecule has 0 aliphatic rings. The molecule has 0 saturated heterocycles. The maximum absolute atomic E-state index is 13.3. The summed E-state index contributed by atoms with van der Waals surface area (Å²) < 4.78 is 18.3. The normalized spacial score (nSPS) is 9.19. The average molecular weight is 249 g/mol. The number of nitrogens with two attached hydrogens (primary N) is 1. The van der Waals surface area contributed by atoms with Gasteiger partial charge >= 0.3 is 0 Å². The molecule has 6 heteroatoms. The minimum atomic E-state index is -0.565. The van der Waals surface area contributed by atoms with Gasteiger partial charge in [-0.2, -0.15) is 0 Å². The third kappa shape index (κ3) is 3.67. The van der Waals surface area contributed by atoms with Gasteiger partial charge in [0.2, 0.25) is 0 Å². The van der Waals surface area contributed by atoms with Gasteiger partial charge in [0.05, 0.1) is 0 Å². The molecule has 0 fully saturated rings. The molecular weight excluding hydrogens is 235 g/mol. The third-order valence-electron chi connectivity index (χ3n) is 1.80. The maximum Gasteiger partial charge on any atom is 0.251 e. The topological polar surface area (TPSA) is 64.3 Å². The van der Waals surface area contributed by atoms with Crippen molar-refractivity contribution < 1.29 is 13.9 Å². The fourth-order valence-electron chi connectivity index (χ4n) is 1.07. The number of halogens is 2. The highest BCUT2D eigenvalue weighted by atomic mass is 35.5. The Bertz CT molecular complexity index is 361. The van der Waals surface area contributed by atoms with Crippen LogP contribution in [0.3, 0.4) is 0 Å². The molecule has 0 aliphatic heterocycles. The summed E-state index contributed by atoms with van der Waals surface area (Å²) in [5.41, 5.74) is 5.47. The van der Waals surface area contributed by atoms with E-state index < -0.39 is 5.82 Å². The van der Waals surface area contributed by atoms with Gasteiger partial charge in [0.1, 0.15) is 6.61 Å². The van der Waals surface area contributed by atoms with Crippen LogP contribution < -0.4 is 15.8 Å². The summed E-state index contributed by atoms with van der Waals surface area (Å²) in [6, 6.07) is 4.04. The van der Waals surface area contributed by atoms with Crippen molar-refractivity contribution in [3.63, 3.8) is 0 Å². The SMILES string of the molecule is CNC(=O)c1ccc(OCCN)c(F)c1.Cl. The lowest BCUT2D eigenvalue weighted by atomic mass is 10.2. The Hall–Kier alpha value is -1.33. The lowest BCUT2D eigenvalue weighted by Gasteiger charge is -2.06. The van der Waals surface area contributed by atoms with Gasteiger partial charge in [0.25, 0.3) is 5.91 Å². The molecule has 3 N–H and O–H groups in total. The molecule has 0 unspecified atom stereocenters. The van der Waals surface area contributed by atoms with E-state index in [-0.39, 0.29) is 36.2 Å². The van der Waals surface area contributed by atoms with Crippen molar-refractivity contribution in [2.45, 2.75) is 0 Å². The number of hydrogen-bond acceptors (Lipinski definition) is 3. The lowest BCUT2D eigenvalue weighted by Crippen LogP contribution is -2.18. The molecule has 0 spiro atoms. The maximum atomic E-state index is 13.3. The van der Waals surface area contributed by atoms with Crippen molar-refractivity contribution in [2.75, 3.05) is 20.2 Å². The second-order valence-electron chi connectivity index (χ2n) is 2.86. The molecule has 0 bridgehead atoms. The minimum Gasteiger partial charge on any atom is -0.489 e. The number of hydrogen-bond donors (Lipinski definition) is 2. The number of carbonyl (C=O) groups is 1. The number of nitrogens with one attached hydrogen (secondary N) is 1. The van der Waals surface area contributed by atoms with Gasteiger partial charge in [-0.05, 0) is 18.2 Å². The first kappa shape index (κ1) is 14.7. The van der Waals surface area contributed by atoms with E-state index in [0.717, 1.165) is 6.07 Å². The van der Waals surface area contributed by atoms with E-state index in [0.29, 0.717) is 6.54 Å². The molecular formula is C10H14ClFN2O2. The van der Waals surface area contributed by atoms with Gasteiger partial charge in [-0.3, -0.25) is 4.79 Å². The second-order valence-corrected chi connectivity index (χ2v) is 2.86. The predicted octanol–water partition coefficient (Wildman–Crippen LogP) is 0.945. The van der Waals surface area contributed by atoms with Gasteiger partial charge < -0.3 is 15.8 Å². The zero-order valence-electron chi connectivity index (χ0n) is 8.83. The first-order valence-electron chi connectivity index (χ1n) is 4.53. The number of carbonyl (C=O) groups excluding carboxylic acids is 1. The number of amides is 1. The van der Waals surface area contributed by atoms with Crippen LogP contribution in [0.25, 0.3) is 0 Å². The zero-order valence-corrected chi connectivity index (χ0v) is 9.64. The van der Waals surface area contributed by atoms with Crippen molar-refractivity contribution in [1.82, 2.24) is 5.32 Å². The zero-order chi connectivity index (χ0) is 11.3. The fourth-order valence-corrected chi connectivity index (χ4v) is 1.07. The Labute approximate surface area is 99.4 Å². The smallest absolute Gasteiger partial charge is 0.251 e. The monoisotopic (exact) mass is 248 g/mol. The van der Waals surface area contributed by atoms with Gasteiger partial charge in [0.15, 0.2) is 11.6 Å². The van der Waals surface area contributed by atoms with Crippen LogP contribution in [0.5, 0.6) is 5.75 Å². The Morgan fingerprint density at radius 3 is 2.75 bits per heavy atom. The van der Waals surface area contributed by atoms with E-state index in [9.17, 15) is 9.18 Å². The Balaban J connectivity index is 0.00000225. The van der Waals surface area contributed by atoms with Crippen molar-refractivity contribution >= 4 is 18.3 Å². The summed E-state index contributed by atoms with van der Waals surface area (Å²) in [5.74, 6) is -0.795. The number of benzene rings is 1. The number of rotatable bonds is 4. The van der Waals surface area contributed by atoms with Crippen LogP contribution in [0.2, 0.25) is 0 Å². The highest BCUT2D eigenvalue weighted by molar-refractivity contribution is 5.94. The standard InChI is InChI=1S/C10H13FN2O2.ClH/c1-13-10(14)7-2-3-9(8(11)6-7)15-5-4-12;/h2-3,6H,4-5,12H2,1H3,(H,13,14);1H. The molecule has 90 valence electrons. The summed E-state index contributed by atoms with van der Waals surface area (Å²) in [5, 5.41) is 2.40. The number of ether oxygens (including phenoxy) is 1. The van der Waals surface area contributed by atoms with E-state index in [4.69, 9.17) is 10.5 Å². The highest BCUT2D eigenvalue weighted by Crippen LogP contribution is 2.18. The Morgan fingerprint density at radius 2 is 2.25 bits per heavy atom. The van der Waals surface area contributed by atoms with Crippen LogP contribution in [-0.2, 0) is 0 Å². The molecule has 1 aromatic rings. The Morgan fingerprint density at radius 1 is 1.56 bits per heavy atom. The summed E-state index contributed by atoms with van der Waals surface area (Å²) in [4.78, 5) is 11.2. The van der Waals surface area contributed by atoms with Crippen molar-refractivity contribution in [3.05, 3.63) is 29.6 Å². The highest BCUT2D eigenvalue weighted by Gasteiger charge is 2.08. The van der Waals surface area contributed by atoms with Gasteiger partial charge in [0, 0.05) is 19.2 Å². The fraction of sp³-hybridized carbons (Fsp3) is 0.300. The van der Waals surface area contributed by atoms with Crippen LogP contribution in [0.15, 0.2) is 18.2 Å². The molecule has 0 aliphatic carbocycles. The molecule has 0 radical (unpaired) electrons. The van der Waals surface area contributed by atoms with E-state index in [1.54, 1.807) is 0 Å².